The van der Waals surface area contributed by atoms with Crippen LogP contribution in [0.5, 0.6) is 0 Å². The Bertz CT molecular complexity index is 273. The number of carbonyl (C=O) groups is 1. The van der Waals surface area contributed by atoms with Crippen LogP contribution >= 0.6 is 0 Å². The lowest BCUT2D eigenvalue weighted by atomic mass is 10.1. The summed E-state index contributed by atoms with van der Waals surface area (Å²) in [5.74, 6) is -1.17. The topological polar surface area (TPSA) is 102 Å². The first-order valence-electron chi connectivity index (χ1n) is 4.53. The Morgan fingerprint density at radius 3 is 2.73 bits per heavy atom. The Balaban J connectivity index is 3.88. The summed E-state index contributed by atoms with van der Waals surface area (Å²) < 4.78 is 13.0. The molecule has 0 aromatic rings. The minimum Gasteiger partial charge on any atom is -0.480 e. The molecule has 0 fully saturated rings. The zero-order chi connectivity index (χ0) is 11.8. The van der Waals surface area contributed by atoms with Gasteiger partial charge in [-0.1, -0.05) is 0 Å². The molecule has 86 valence electrons. The van der Waals surface area contributed by atoms with E-state index in [4.69, 9.17) is 16.6 Å². The molecule has 0 aliphatic rings. The normalized spacial score (nSPS) is 15.1. The smallest absolute Gasteiger partial charge is 0.320 e. The molecule has 5 nitrogen and oxygen atoms in total. The first-order valence-corrected chi connectivity index (χ1v) is 4.53. The zero-order valence-corrected chi connectivity index (χ0v) is 8.61. The van der Waals surface area contributed by atoms with Crippen LogP contribution in [0.3, 0.4) is 0 Å². The molecule has 6 heteroatoms. The molecule has 1 unspecified atom stereocenters. The molecule has 0 amide bonds. The Hall–Kier alpha value is -1.43. The number of allylic oxidation sites excluding steroid dienone is 1. The third kappa shape index (κ3) is 7.63. The lowest BCUT2D eigenvalue weighted by Gasteiger charge is -2.03. The van der Waals surface area contributed by atoms with Gasteiger partial charge in [-0.2, -0.15) is 0 Å². The molecule has 0 aromatic carbocycles. The summed E-state index contributed by atoms with van der Waals surface area (Å²) in [5.41, 5.74) is 10.4. The van der Waals surface area contributed by atoms with E-state index in [0.29, 0.717) is 5.84 Å². The summed E-state index contributed by atoms with van der Waals surface area (Å²) >= 11 is 0. The molecule has 5 N–H and O–H groups in total. The van der Waals surface area contributed by atoms with Crippen molar-refractivity contribution in [3.05, 3.63) is 11.9 Å². The molecule has 0 saturated heterocycles. The molecular weight excluding hydrogens is 201 g/mol. The summed E-state index contributed by atoms with van der Waals surface area (Å²) in [7, 11) is 0. The van der Waals surface area contributed by atoms with Gasteiger partial charge in [0.2, 0.25) is 0 Å². The van der Waals surface area contributed by atoms with Crippen LogP contribution in [0.2, 0.25) is 0 Å². The van der Waals surface area contributed by atoms with Gasteiger partial charge < -0.3 is 16.6 Å². The van der Waals surface area contributed by atoms with Crippen LogP contribution in [0.25, 0.3) is 0 Å². The molecular formula is C9H16FN3O2. The lowest BCUT2D eigenvalue weighted by molar-refractivity contribution is -0.138. The first-order chi connectivity index (χ1) is 6.93. The van der Waals surface area contributed by atoms with Gasteiger partial charge in [0, 0.05) is 6.42 Å². The maximum atomic E-state index is 13.0. The highest BCUT2D eigenvalue weighted by Gasteiger charge is 2.11. The largest absolute Gasteiger partial charge is 0.480 e. The maximum Gasteiger partial charge on any atom is 0.320 e. The number of halogens is 1. The van der Waals surface area contributed by atoms with Crippen LogP contribution in [0.4, 0.5) is 4.39 Å². The third-order valence-corrected chi connectivity index (χ3v) is 1.66. The van der Waals surface area contributed by atoms with Crippen molar-refractivity contribution in [1.29, 1.82) is 0 Å². The summed E-state index contributed by atoms with van der Waals surface area (Å²) in [6.45, 7) is 1.77. The zero-order valence-electron chi connectivity index (χ0n) is 8.61. The maximum absolute atomic E-state index is 13.0. The quantitative estimate of drug-likeness (QED) is 0.443. The Morgan fingerprint density at radius 1 is 1.67 bits per heavy atom. The number of amidine groups is 1. The molecule has 0 spiro atoms. The van der Waals surface area contributed by atoms with Crippen molar-refractivity contribution in [2.75, 3.05) is 6.54 Å². The van der Waals surface area contributed by atoms with Crippen molar-refractivity contribution in [2.45, 2.75) is 25.8 Å². The van der Waals surface area contributed by atoms with E-state index in [1.165, 1.54) is 6.08 Å². The standard InChI is InChI=1S/C9H16FN3O2/c1-6(11)13-5-4-7(10)2-3-8(12)9(14)15/h4,8H,2-3,5,12H2,1H3,(H2,11,13)(H,14,15)/b7-4+. The van der Waals surface area contributed by atoms with Crippen molar-refractivity contribution in [1.82, 2.24) is 0 Å². The van der Waals surface area contributed by atoms with Crippen LogP contribution in [0, 0.1) is 0 Å². The average molecular weight is 217 g/mol. The van der Waals surface area contributed by atoms with E-state index in [0.717, 1.165) is 0 Å². The van der Waals surface area contributed by atoms with Gasteiger partial charge in [0.1, 0.15) is 6.04 Å². The van der Waals surface area contributed by atoms with Gasteiger partial charge in [-0.05, 0) is 19.4 Å². The van der Waals surface area contributed by atoms with Crippen molar-refractivity contribution in [3.8, 4) is 0 Å². The first kappa shape index (κ1) is 13.6. The van der Waals surface area contributed by atoms with E-state index in [9.17, 15) is 9.18 Å². The summed E-state index contributed by atoms with van der Waals surface area (Å²) in [6, 6.07) is -1.02. The predicted octanol–water partition coefficient (Wildman–Crippen LogP) is 0.409. The number of rotatable bonds is 6. The molecule has 0 saturated carbocycles. The van der Waals surface area contributed by atoms with E-state index in [2.05, 4.69) is 4.99 Å². The summed E-state index contributed by atoms with van der Waals surface area (Å²) in [4.78, 5) is 14.1. The minimum atomic E-state index is -1.13. The van der Waals surface area contributed by atoms with Crippen molar-refractivity contribution >= 4 is 11.8 Å². The summed E-state index contributed by atoms with van der Waals surface area (Å²) in [6.07, 6.45) is 1.33. The summed E-state index contributed by atoms with van der Waals surface area (Å²) in [5, 5.41) is 8.44. The highest BCUT2D eigenvalue weighted by atomic mass is 19.1. The molecule has 0 rings (SSSR count). The van der Waals surface area contributed by atoms with Crippen LogP contribution in [0.15, 0.2) is 16.9 Å². The number of hydrogen-bond acceptors (Lipinski definition) is 3. The highest BCUT2D eigenvalue weighted by molar-refractivity contribution is 5.77. The average Bonchev–Trinajstić information content (AvgIpc) is 2.13. The van der Waals surface area contributed by atoms with E-state index in [1.807, 2.05) is 0 Å². The number of nitrogens with two attached hydrogens (primary N) is 2. The second-order valence-electron chi connectivity index (χ2n) is 3.12. The second-order valence-corrected chi connectivity index (χ2v) is 3.12. The fourth-order valence-electron chi connectivity index (χ4n) is 0.808. The van der Waals surface area contributed by atoms with E-state index in [1.54, 1.807) is 6.92 Å². The predicted molar refractivity (Wildman–Crippen MR) is 56.2 cm³/mol. The molecule has 0 aromatic heterocycles. The van der Waals surface area contributed by atoms with Gasteiger partial charge in [-0.25, -0.2) is 4.39 Å². The monoisotopic (exact) mass is 217 g/mol. The van der Waals surface area contributed by atoms with Crippen molar-refractivity contribution in [3.63, 3.8) is 0 Å². The molecule has 0 aliphatic heterocycles. The van der Waals surface area contributed by atoms with E-state index < -0.39 is 17.8 Å². The molecule has 0 bridgehead atoms. The molecule has 15 heavy (non-hydrogen) atoms. The molecule has 0 heterocycles. The number of aliphatic imine (C=N–C) groups is 1. The molecule has 0 radical (unpaired) electrons. The third-order valence-electron chi connectivity index (χ3n) is 1.66. The van der Waals surface area contributed by atoms with Gasteiger partial charge >= 0.3 is 5.97 Å². The Kier molecular flexibility index (Phi) is 6.28. The Morgan fingerprint density at radius 2 is 2.27 bits per heavy atom. The molecule has 1 atom stereocenters. The van der Waals surface area contributed by atoms with Crippen LogP contribution in [-0.4, -0.2) is 29.5 Å². The lowest BCUT2D eigenvalue weighted by Crippen LogP contribution is -2.29. The number of carboxylic acid groups (broad SMARTS) is 1. The number of aliphatic carboxylic acids is 1. The van der Waals surface area contributed by atoms with Crippen molar-refractivity contribution in [2.24, 2.45) is 16.5 Å². The van der Waals surface area contributed by atoms with Crippen molar-refractivity contribution < 1.29 is 14.3 Å². The Labute approximate surface area is 87.7 Å². The second kappa shape index (κ2) is 6.94. The number of hydrogen-bond donors (Lipinski definition) is 3. The SMILES string of the molecule is CC(N)=NC/C=C(/F)CCC(N)C(=O)O. The van der Waals surface area contributed by atoms with Gasteiger partial charge in [-0.15, -0.1) is 0 Å². The van der Waals surface area contributed by atoms with Gasteiger partial charge in [0.05, 0.1) is 18.2 Å². The van der Waals surface area contributed by atoms with Gasteiger partial charge in [0.25, 0.3) is 0 Å². The fourth-order valence-corrected chi connectivity index (χ4v) is 0.808. The fraction of sp³-hybridized carbons (Fsp3) is 0.556. The van der Waals surface area contributed by atoms with E-state index in [-0.39, 0.29) is 19.4 Å². The van der Waals surface area contributed by atoms with Gasteiger partial charge in [-0.3, -0.25) is 9.79 Å². The number of nitrogens with zero attached hydrogens (tertiary/aromatic N) is 1. The molecule has 0 aliphatic carbocycles. The highest BCUT2D eigenvalue weighted by Crippen LogP contribution is 2.08. The van der Waals surface area contributed by atoms with E-state index >= 15 is 0 Å². The van der Waals surface area contributed by atoms with Crippen LogP contribution in [-0.2, 0) is 4.79 Å². The van der Waals surface area contributed by atoms with Gasteiger partial charge in [0.15, 0.2) is 0 Å². The van der Waals surface area contributed by atoms with Crippen LogP contribution in [0.1, 0.15) is 19.8 Å². The minimum absolute atomic E-state index is 0.00655. The van der Waals surface area contributed by atoms with Crippen LogP contribution < -0.4 is 11.5 Å². The number of carboxylic acids is 1.